The number of nitrogens with zero attached hydrogens (tertiary/aromatic N) is 3. The zero-order valence-electron chi connectivity index (χ0n) is 26.1. The van der Waals surface area contributed by atoms with E-state index in [-0.39, 0.29) is 5.56 Å². The van der Waals surface area contributed by atoms with Gasteiger partial charge in [-0.3, -0.25) is 4.79 Å². The fourth-order valence-corrected chi connectivity index (χ4v) is 5.91. The molecule has 0 radical (unpaired) electrons. The predicted octanol–water partition coefficient (Wildman–Crippen LogP) is 4.46. The normalized spacial score (nSPS) is 12.9. The zero-order valence-corrected chi connectivity index (χ0v) is 28.5. The second kappa shape index (κ2) is 14.4. The SMILES string of the molecule is COc1cnc2[nH]c3c[nH]c(=O)cc3c2c1.COc1cnc2[nH]c3cnc(OS(=O)(=O)C(F)(F)F)cc3c2c1.O=S(=O)(OS(=O)(=O)C(F)(F)F)C(F)(F)F. The molecule has 0 atom stereocenters. The van der Waals surface area contributed by atoms with E-state index in [1.165, 1.54) is 13.3 Å². The van der Waals surface area contributed by atoms with Gasteiger partial charge in [-0.05, 0) is 12.1 Å². The number of hydrogen-bond donors (Lipinski definition) is 3. The lowest BCUT2D eigenvalue weighted by Gasteiger charge is -2.09. The maximum atomic E-state index is 12.4. The van der Waals surface area contributed by atoms with E-state index < -0.39 is 52.8 Å². The van der Waals surface area contributed by atoms with Crippen LogP contribution in [0.3, 0.4) is 0 Å². The summed E-state index contributed by atoms with van der Waals surface area (Å²) in [5.41, 5.74) is -15.7. The minimum atomic E-state index is -6.85. The van der Waals surface area contributed by atoms with Crippen molar-refractivity contribution in [2.45, 2.75) is 16.5 Å². The van der Waals surface area contributed by atoms with Crippen molar-refractivity contribution < 1.29 is 82.1 Å². The first-order chi connectivity index (χ1) is 24.7. The number of rotatable bonds is 6. The van der Waals surface area contributed by atoms with E-state index in [0.29, 0.717) is 33.4 Å². The number of aromatic nitrogens is 6. The van der Waals surface area contributed by atoms with Crippen molar-refractivity contribution in [1.29, 1.82) is 0 Å². The minimum Gasteiger partial charge on any atom is -0.495 e. The van der Waals surface area contributed by atoms with Crippen LogP contribution < -0.4 is 19.2 Å². The number of pyridine rings is 4. The average Bonchev–Trinajstić information content (AvgIpc) is 3.59. The number of ether oxygens (including phenoxy) is 2. The van der Waals surface area contributed by atoms with Crippen molar-refractivity contribution in [3.05, 3.63) is 59.4 Å². The zero-order chi connectivity index (χ0) is 40.7. The second-order valence-corrected chi connectivity index (χ2v) is 14.7. The summed E-state index contributed by atoms with van der Waals surface area (Å²) in [5.74, 6) is 0.410. The van der Waals surface area contributed by atoms with Gasteiger partial charge in [-0.25, -0.2) is 15.0 Å². The lowest BCUT2D eigenvalue weighted by Crippen LogP contribution is -2.34. The van der Waals surface area contributed by atoms with Gasteiger partial charge in [0.25, 0.3) is 0 Å². The standard InChI is InChI=1S/C12H8F3N3O4S.C11H9N3O2.C2F6O5S2/c1-21-6-2-8-7-3-10(22-23(19,20)12(13,14)15)16-5-9(7)18-11(8)17-4-6;1-16-6-2-8-7-3-10(15)12-5-9(7)14-11(8)13-4-6;3-1(4,5)14(9,10)13-15(11,12)2(6,7)8/h2-5H,1H3,(H,17,18);2-5H,1H3,(H,12,15)(H,13,14);. The summed E-state index contributed by atoms with van der Waals surface area (Å²) in [6.07, 6.45) is 5.90. The maximum Gasteiger partial charge on any atom is 0.534 e. The molecular weight excluding hydrogens is 827 g/mol. The predicted molar refractivity (Wildman–Crippen MR) is 165 cm³/mol. The Bertz CT molecular complexity index is 2700. The topological polar surface area (TPSA) is 242 Å². The Hall–Kier alpha value is -5.42. The van der Waals surface area contributed by atoms with Gasteiger partial charge in [-0.1, -0.05) is 0 Å². The molecule has 6 rings (SSSR count). The van der Waals surface area contributed by atoms with Crippen LogP contribution in [-0.4, -0.2) is 85.9 Å². The second-order valence-electron chi connectivity index (χ2n) is 9.84. The molecule has 0 aliphatic heterocycles. The number of alkyl halides is 9. The third-order valence-electron chi connectivity index (χ3n) is 6.31. The lowest BCUT2D eigenvalue weighted by atomic mass is 10.2. The highest BCUT2D eigenvalue weighted by molar-refractivity contribution is 8.00. The fourth-order valence-electron chi connectivity index (χ4n) is 3.94. The van der Waals surface area contributed by atoms with Crippen molar-refractivity contribution in [1.82, 2.24) is 29.9 Å². The van der Waals surface area contributed by atoms with Gasteiger partial charge in [0.2, 0.25) is 11.4 Å². The summed E-state index contributed by atoms with van der Waals surface area (Å²) in [4.78, 5) is 31.7. The highest BCUT2D eigenvalue weighted by atomic mass is 32.3. The van der Waals surface area contributed by atoms with Crippen LogP contribution in [0.2, 0.25) is 0 Å². The molecule has 294 valence electrons. The van der Waals surface area contributed by atoms with E-state index in [0.717, 1.165) is 34.2 Å². The van der Waals surface area contributed by atoms with Crippen LogP contribution in [0.5, 0.6) is 17.4 Å². The monoisotopic (exact) mass is 844 g/mol. The van der Waals surface area contributed by atoms with Crippen molar-refractivity contribution >= 4 is 74.2 Å². The molecule has 6 heterocycles. The molecule has 6 aromatic heterocycles. The third kappa shape index (κ3) is 8.85. The average molecular weight is 845 g/mol. The van der Waals surface area contributed by atoms with E-state index in [2.05, 4.69) is 34.1 Å². The Balaban J connectivity index is 0.000000187. The summed E-state index contributed by atoms with van der Waals surface area (Å²) in [7, 11) is -16.5. The Labute approximate surface area is 293 Å². The Kier molecular flexibility index (Phi) is 11.0. The number of aromatic amines is 3. The smallest absolute Gasteiger partial charge is 0.495 e. The lowest BCUT2D eigenvalue weighted by molar-refractivity contribution is -0.0586. The number of hydrogen-bond acceptors (Lipinski definition) is 14. The Morgan fingerprint density at radius 1 is 0.574 bits per heavy atom. The molecule has 29 heteroatoms. The van der Waals surface area contributed by atoms with Crippen LogP contribution in [0.25, 0.3) is 43.9 Å². The molecule has 0 bridgehead atoms. The first-order valence-corrected chi connectivity index (χ1v) is 17.6. The van der Waals surface area contributed by atoms with E-state index in [4.69, 9.17) is 9.47 Å². The summed E-state index contributed by atoms with van der Waals surface area (Å²) in [6.45, 7) is 0. The van der Waals surface area contributed by atoms with Crippen molar-refractivity contribution in [3.8, 4) is 17.4 Å². The van der Waals surface area contributed by atoms with E-state index in [1.54, 1.807) is 31.6 Å². The summed E-state index contributed by atoms with van der Waals surface area (Å²) in [6, 6.07) is 6.09. The van der Waals surface area contributed by atoms with Gasteiger partial charge in [-0.15, -0.1) is 3.63 Å². The highest BCUT2D eigenvalue weighted by Gasteiger charge is 2.57. The molecule has 17 nitrogen and oxygen atoms in total. The van der Waals surface area contributed by atoms with Crippen molar-refractivity contribution in [2.24, 2.45) is 0 Å². The van der Waals surface area contributed by atoms with Crippen LogP contribution in [0, 0.1) is 0 Å². The number of methoxy groups -OCH3 is 2. The highest BCUT2D eigenvalue weighted by Crippen LogP contribution is 2.33. The number of nitrogens with one attached hydrogen (secondary N) is 3. The molecule has 0 spiro atoms. The molecule has 3 N–H and O–H groups in total. The van der Waals surface area contributed by atoms with Crippen molar-refractivity contribution in [3.63, 3.8) is 0 Å². The largest absolute Gasteiger partial charge is 0.534 e. The fraction of sp³-hybridized carbons (Fsp3) is 0.200. The quantitative estimate of drug-likeness (QED) is 0.119. The number of halogens is 9. The third-order valence-corrected chi connectivity index (χ3v) is 9.84. The minimum absolute atomic E-state index is 0.129. The van der Waals surface area contributed by atoms with Crippen LogP contribution >= 0.6 is 0 Å². The molecule has 0 aromatic carbocycles. The molecule has 0 unspecified atom stereocenters. The maximum absolute atomic E-state index is 12.4. The summed E-state index contributed by atoms with van der Waals surface area (Å²) < 4.78 is 183. The van der Waals surface area contributed by atoms with E-state index in [9.17, 15) is 69.6 Å². The van der Waals surface area contributed by atoms with Gasteiger partial charge in [0, 0.05) is 39.9 Å². The van der Waals surface area contributed by atoms with Crippen LogP contribution in [-0.2, 0) is 34.0 Å². The first kappa shape index (κ1) is 41.3. The van der Waals surface area contributed by atoms with Crippen LogP contribution in [0.1, 0.15) is 0 Å². The number of fused-ring (bicyclic) bond motifs is 6. The summed E-state index contributed by atoms with van der Waals surface area (Å²) in [5, 5.41) is 2.66. The molecule has 0 amide bonds. The van der Waals surface area contributed by atoms with Gasteiger partial charge in [-0.2, -0.15) is 64.8 Å². The van der Waals surface area contributed by atoms with Gasteiger partial charge >= 0.3 is 46.9 Å². The van der Waals surface area contributed by atoms with E-state index in [1.807, 2.05) is 9.70 Å². The molecule has 54 heavy (non-hydrogen) atoms. The van der Waals surface area contributed by atoms with Crippen molar-refractivity contribution in [2.75, 3.05) is 14.2 Å². The Morgan fingerprint density at radius 3 is 1.46 bits per heavy atom. The van der Waals surface area contributed by atoms with Gasteiger partial charge < -0.3 is 28.6 Å². The Morgan fingerprint density at radius 2 is 1.02 bits per heavy atom. The first-order valence-electron chi connectivity index (χ1n) is 13.4. The van der Waals surface area contributed by atoms with E-state index >= 15 is 0 Å². The molecule has 0 aliphatic carbocycles. The molecule has 0 fully saturated rings. The van der Waals surface area contributed by atoms with Crippen LogP contribution in [0.15, 0.2) is 53.8 Å². The molecule has 0 saturated heterocycles. The van der Waals surface area contributed by atoms with Crippen LogP contribution in [0.4, 0.5) is 39.5 Å². The molecule has 0 saturated carbocycles. The number of H-pyrrole nitrogens is 3. The van der Waals surface area contributed by atoms with Gasteiger partial charge in [0.05, 0.1) is 43.8 Å². The molecule has 0 aliphatic rings. The molecule has 6 aromatic rings. The van der Waals surface area contributed by atoms with Gasteiger partial charge in [0.1, 0.15) is 22.8 Å². The van der Waals surface area contributed by atoms with Gasteiger partial charge in [0.15, 0.2) is 0 Å². The summed E-state index contributed by atoms with van der Waals surface area (Å²) >= 11 is 0. The molecular formula is C25H17F9N6O11S3.